The van der Waals surface area contributed by atoms with E-state index in [1.54, 1.807) is 11.3 Å². The number of rotatable bonds is 3. The predicted molar refractivity (Wildman–Crippen MR) is 85.1 cm³/mol. The number of carbonyl (C=O) groups excluding carboxylic acids is 1. The van der Waals surface area contributed by atoms with Crippen molar-refractivity contribution in [1.82, 2.24) is 4.90 Å². The Labute approximate surface area is 136 Å². The predicted octanol–water partition coefficient (Wildman–Crippen LogP) is 2.12. The Bertz CT molecular complexity index is 681. The van der Waals surface area contributed by atoms with Gasteiger partial charge in [0, 0.05) is 19.0 Å². The average Bonchev–Trinajstić information content (AvgIpc) is 3.01. The molecular formula is C14H16BrNO3S2. The van der Waals surface area contributed by atoms with Gasteiger partial charge in [-0.1, -0.05) is 0 Å². The molecule has 0 unspecified atom stereocenters. The van der Waals surface area contributed by atoms with Crippen LogP contribution >= 0.6 is 27.3 Å². The zero-order chi connectivity index (χ0) is 14.8. The molecule has 21 heavy (non-hydrogen) atoms. The summed E-state index contributed by atoms with van der Waals surface area (Å²) < 4.78 is 23.5. The number of carbonyl (C=O) groups is 1. The first-order valence-electron chi connectivity index (χ1n) is 7.16. The Hall–Kier alpha value is -0.400. The molecule has 3 aliphatic rings. The van der Waals surface area contributed by atoms with Gasteiger partial charge < -0.3 is 4.90 Å². The van der Waals surface area contributed by atoms with Crippen LogP contribution in [-0.2, 0) is 14.6 Å². The van der Waals surface area contributed by atoms with Crippen molar-refractivity contribution in [1.29, 1.82) is 0 Å². The van der Waals surface area contributed by atoms with Crippen molar-refractivity contribution in [2.24, 2.45) is 17.8 Å². The summed E-state index contributed by atoms with van der Waals surface area (Å²) in [5, 5.41) is 2.13. The molecule has 1 aliphatic carbocycles. The molecule has 1 aromatic rings. The first kappa shape index (κ1) is 14.2. The average molecular weight is 390 g/mol. The fourth-order valence-electron chi connectivity index (χ4n) is 3.46. The minimum absolute atomic E-state index is 0.151. The molecule has 0 aromatic carbocycles. The van der Waals surface area contributed by atoms with Crippen LogP contribution in [0.25, 0.3) is 0 Å². The van der Waals surface area contributed by atoms with Crippen LogP contribution in [0.15, 0.2) is 15.2 Å². The zero-order valence-electron chi connectivity index (χ0n) is 11.4. The molecule has 0 N–H and O–H groups in total. The standard InChI is InChI=1S/C14H16BrNO3S2/c15-13-1-8(5-20-13)11-2-12(11)14(17)16-3-9(4-16)10-6-21(18,19)7-10/h1,5,9-12H,2-4,6-7H2/t11-,12+/m0/s1. The first-order chi connectivity index (χ1) is 9.93. The van der Waals surface area contributed by atoms with E-state index in [2.05, 4.69) is 27.4 Å². The second-order valence-electron chi connectivity index (χ2n) is 6.47. The lowest BCUT2D eigenvalue weighted by atomic mass is 9.87. The van der Waals surface area contributed by atoms with Crippen molar-refractivity contribution in [3.05, 3.63) is 20.8 Å². The van der Waals surface area contributed by atoms with Crippen LogP contribution in [0.5, 0.6) is 0 Å². The van der Waals surface area contributed by atoms with Crippen molar-refractivity contribution in [2.45, 2.75) is 12.3 Å². The fraction of sp³-hybridized carbons (Fsp3) is 0.643. The molecule has 1 amide bonds. The highest BCUT2D eigenvalue weighted by Crippen LogP contribution is 2.50. The molecule has 2 aliphatic heterocycles. The van der Waals surface area contributed by atoms with E-state index in [-0.39, 0.29) is 11.8 Å². The van der Waals surface area contributed by atoms with Gasteiger partial charge in [-0.15, -0.1) is 11.3 Å². The summed E-state index contributed by atoms with van der Waals surface area (Å²) in [5.41, 5.74) is 1.27. The van der Waals surface area contributed by atoms with Crippen molar-refractivity contribution in [3.8, 4) is 0 Å². The van der Waals surface area contributed by atoms with Gasteiger partial charge in [0.15, 0.2) is 9.84 Å². The molecule has 4 nitrogen and oxygen atoms in total. The summed E-state index contributed by atoms with van der Waals surface area (Å²) in [6, 6.07) is 2.11. The van der Waals surface area contributed by atoms with Crippen LogP contribution < -0.4 is 0 Å². The Morgan fingerprint density at radius 2 is 2.00 bits per heavy atom. The molecule has 0 bridgehead atoms. The molecule has 0 spiro atoms. The number of hydrogen-bond acceptors (Lipinski definition) is 4. The summed E-state index contributed by atoms with van der Waals surface area (Å²) in [6.07, 6.45) is 0.959. The van der Waals surface area contributed by atoms with Crippen molar-refractivity contribution >= 4 is 43.0 Å². The lowest BCUT2D eigenvalue weighted by molar-refractivity contribution is -0.140. The highest BCUT2D eigenvalue weighted by Gasteiger charge is 2.50. The van der Waals surface area contributed by atoms with Gasteiger partial charge in [0.2, 0.25) is 5.91 Å². The number of amides is 1. The topological polar surface area (TPSA) is 54.5 Å². The van der Waals surface area contributed by atoms with E-state index >= 15 is 0 Å². The molecular weight excluding hydrogens is 374 g/mol. The highest BCUT2D eigenvalue weighted by atomic mass is 79.9. The largest absolute Gasteiger partial charge is 0.342 e. The Balaban J connectivity index is 1.29. The van der Waals surface area contributed by atoms with Gasteiger partial charge >= 0.3 is 0 Å². The van der Waals surface area contributed by atoms with Gasteiger partial charge in [-0.25, -0.2) is 8.42 Å². The third-order valence-corrected chi connectivity index (χ3v) is 8.34. The van der Waals surface area contributed by atoms with Crippen LogP contribution in [0.2, 0.25) is 0 Å². The van der Waals surface area contributed by atoms with Crippen molar-refractivity contribution in [2.75, 3.05) is 24.6 Å². The van der Waals surface area contributed by atoms with Crippen molar-refractivity contribution in [3.63, 3.8) is 0 Å². The van der Waals surface area contributed by atoms with Gasteiger partial charge in [0.1, 0.15) is 0 Å². The van der Waals surface area contributed by atoms with Gasteiger partial charge in [-0.05, 0) is 57.1 Å². The molecule has 3 heterocycles. The number of likely N-dealkylation sites (tertiary alicyclic amines) is 1. The minimum Gasteiger partial charge on any atom is -0.342 e. The normalized spacial score (nSPS) is 31.6. The number of sulfone groups is 1. The number of nitrogens with zero attached hydrogens (tertiary/aromatic N) is 1. The van der Waals surface area contributed by atoms with E-state index in [4.69, 9.17) is 0 Å². The molecule has 0 radical (unpaired) electrons. The molecule has 7 heteroatoms. The summed E-state index contributed by atoms with van der Waals surface area (Å²) in [5.74, 6) is 2.16. The summed E-state index contributed by atoms with van der Waals surface area (Å²) in [6.45, 7) is 1.52. The molecule has 4 rings (SSSR count). The third kappa shape index (κ3) is 2.57. The second kappa shape index (κ2) is 4.80. The van der Waals surface area contributed by atoms with Crippen LogP contribution in [0, 0.1) is 17.8 Å². The fourth-order valence-corrected chi connectivity index (χ4v) is 6.45. The molecule has 1 aromatic heterocycles. The monoisotopic (exact) mass is 389 g/mol. The van der Waals surface area contributed by atoms with E-state index < -0.39 is 9.84 Å². The summed E-state index contributed by atoms with van der Waals surface area (Å²) in [7, 11) is -2.74. The van der Waals surface area contributed by atoms with E-state index in [0.717, 1.165) is 23.3 Å². The maximum Gasteiger partial charge on any atom is 0.226 e. The molecule has 1 saturated carbocycles. The molecule has 2 saturated heterocycles. The first-order valence-corrected chi connectivity index (χ1v) is 10.7. The highest BCUT2D eigenvalue weighted by molar-refractivity contribution is 9.11. The van der Waals surface area contributed by atoms with Crippen LogP contribution in [0.1, 0.15) is 17.9 Å². The van der Waals surface area contributed by atoms with Crippen LogP contribution in [0.4, 0.5) is 0 Å². The van der Waals surface area contributed by atoms with Gasteiger partial charge in [0.05, 0.1) is 15.3 Å². The maximum atomic E-state index is 12.4. The summed E-state index contributed by atoms with van der Waals surface area (Å²) in [4.78, 5) is 14.3. The summed E-state index contributed by atoms with van der Waals surface area (Å²) >= 11 is 5.12. The Kier molecular flexibility index (Phi) is 3.25. The third-order valence-electron chi connectivity index (χ3n) is 4.95. The number of thiophene rings is 1. The number of hydrogen-bond donors (Lipinski definition) is 0. The van der Waals surface area contributed by atoms with E-state index in [1.165, 1.54) is 5.56 Å². The Morgan fingerprint density at radius 1 is 1.29 bits per heavy atom. The van der Waals surface area contributed by atoms with Gasteiger partial charge in [-0.2, -0.15) is 0 Å². The molecule has 114 valence electrons. The number of halogens is 1. The molecule has 3 fully saturated rings. The van der Waals surface area contributed by atoms with Crippen molar-refractivity contribution < 1.29 is 13.2 Å². The smallest absolute Gasteiger partial charge is 0.226 e. The van der Waals surface area contributed by atoms with Gasteiger partial charge in [-0.3, -0.25) is 4.79 Å². The Morgan fingerprint density at radius 3 is 2.57 bits per heavy atom. The van der Waals surface area contributed by atoms with E-state index in [9.17, 15) is 13.2 Å². The van der Waals surface area contributed by atoms with E-state index in [1.807, 2.05) is 4.90 Å². The second-order valence-corrected chi connectivity index (χ2v) is 10.9. The lowest BCUT2D eigenvalue weighted by Gasteiger charge is -2.46. The lowest BCUT2D eigenvalue weighted by Crippen LogP contribution is -2.58. The van der Waals surface area contributed by atoms with Crippen LogP contribution in [-0.4, -0.2) is 43.8 Å². The quantitative estimate of drug-likeness (QED) is 0.795. The zero-order valence-corrected chi connectivity index (χ0v) is 14.6. The maximum absolute atomic E-state index is 12.4. The SMILES string of the molecule is O=C([C@@H]1C[C@H]1c1csc(Br)c1)N1CC(C2CS(=O)(=O)C2)C1. The molecule has 2 atom stereocenters. The van der Waals surface area contributed by atoms with Crippen LogP contribution in [0.3, 0.4) is 0 Å². The minimum atomic E-state index is -2.74. The van der Waals surface area contributed by atoms with E-state index in [0.29, 0.717) is 29.3 Å². The van der Waals surface area contributed by atoms with Gasteiger partial charge in [0.25, 0.3) is 0 Å².